The lowest BCUT2D eigenvalue weighted by Gasteiger charge is -2.52. The van der Waals surface area contributed by atoms with E-state index in [4.69, 9.17) is 5.73 Å². The van der Waals surface area contributed by atoms with Gasteiger partial charge in [0.15, 0.2) is 34.7 Å². The smallest absolute Gasteiger partial charge is 0.235 e. The predicted molar refractivity (Wildman–Crippen MR) is 151 cm³/mol. The first-order valence-electron chi connectivity index (χ1n) is 13.6. The maximum atomic E-state index is 14.2. The van der Waals surface area contributed by atoms with Crippen molar-refractivity contribution in [1.29, 1.82) is 0 Å². The van der Waals surface area contributed by atoms with Crippen LogP contribution in [0.2, 0.25) is 0 Å². The summed E-state index contributed by atoms with van der Waals surface area (Å²) in [5, 5.41) is 23.3. The van der Waals surface area contributed by atoms with Crippen molar-refractivity contribution < 1.29 is 34.2 Å². The molecular weight excluding hydrogens is 526 g/mol. The molecule has 3 aliphatic rings. The molecule has 2 unspecified atom stereocenters. The molecule has 6 atom stereocenters. The third-order valence-corrected chi connectivity index (χ3v) is 9.19. The summed E-state index contributed by atoms with van der Waals surface area (Å²) in [4.78, 5) is 70.5. The Morgan fingerprint density at radius 2 is 1.66 bits per heavy atom. The molecule has 0 saturated heterocycles. The zero-order valence-electron chi connectivity index (χ0n) is 24.0. The molecule has 10 nitrogen and oxygen atoms in total. The summed E-state index contributed by atoms with van der Waals surface area (Å²) < 4.78 is 0. The number of likely N-dealkylation sites (N-methyl/N-ethyl adjacent to an activating group) is 1. The van der Waals surface area contributed by atoms with Crippen LogP contribution in [0.15, 0.2) is 24.3 Å². The molecule has 2 saturated carbocycles. The van der Waals surface area contributed by atoms with Gasteiger partial charge in [0, 0.05) is 31.3 Å². The Labute approximate surface area is 238 Å². The number of nitrogens with zero attached hydrogens (tertiary/aromatic N) is 2. The minimum Gasteiger partial charge on any atom is -0.507 e. The van der Waals surface area contributed by atoms with E-state index in [1.165, 1.54) is 4.90 Å². The molecule has 4 N–H and O–H groups in total. The van der Waals surface area contributed by atoms with Crippen molar-refractivity contribution in [2.24, 2.45) is 29.4 Å². The number of aryl methyl sites for hydroxylation is 2. The van der Waals surface area contributed by atoms with Gasteiger partial charge in [-0.05, 0) is 69.5 Å². The topological polar surface area (TPSA) is 158 Å². The van der Waals surface area contributed by atoms with Crippen LogP contribution >= 0.6 is 0 Å². The molecule has 10 heteroatoms. The van der Waals surface area contributed by atoms with Crippen molar-refractivity contribution in [2.75, 3.05) is 33.1 Å². The Balaban J connectivity index is 1.70. The van der Waals surface area contributed by atoms with E-state index in [0.717, 1.165) is 16.7 Å². The molecule has 216 valence electrons. The van der Waals surface area contributed by atoms with E-state index in [2.05, 4.69) is 0 Å². The number of phenols is 1. The third kappa shape index (κ3) is 3.95. The van der Waals surface area contributed by atoms with E-state index >= 15 is 0 Å². The number of ketones is 4. The highest BCUT2D eigenvalue weighted by molar-refractivity contribution is 6.32. The Hall–Kier alpha value is -3.89. The number of aromatic hydroxyl groups is 1. The fourth-order valence-electron chi connectivity index (χ4n) is 7.37. The quantitative estimate of drug-likeness (QED) is 0.467. The van der Waals surface area contributed by atoms with Gasteiger partial charge in [0.25, 0.3) is 0 Å². The summed E-state index contributed by atoms with van der Waals surface area (Å²) >= 11 is 0. The number of fused-ring (bicyclic) bond motifs is 3. The van der Waals surface area contributed by atoms with E-state index in [0.29, 0.717) is 16.8 Å². The summed E-state index contributed by atoms with van der Waals surface area (Å²) in [6.45, 7) is 3.86. The minimum atomic E-state index is -2.75. The summed E-state index contributed by atoms with van der Waals surface area (Å²) in [5.74, 6) is -10.5. The number of aliphatic hydroxyl groups is 1. The molecule has 0 radical (unpaired) electrons. The van der Waals surface area contributed by atoms with Gasteiger partial charge in [-0.3, -0.25) is 28.9 Å². The monoisotopic (exact) mass is 561 g/mol. The lowest BCUT2D eigenvalue weighted by atomic mass is 9.52. The van der Waals surface area contributed by atoms with Gasteiger partial charge in [-0.2, -0.15) is 0 Å². The number of nitrogens with two attached hydrogens (primary N) is 1. The molecular formula is C31H35N3O7. The number of anilines is 1. The van der Waals surface area contributed by atoms with Crippen LogP contribution in [0.5, 0.6) is 5.75 Å². The average molecular weight is 562 g/mol. The molecule has 0 aromatic heterocycles. The van der Waals surface area contributed by atoms with Crippen molar-refractivity contribution >= 4 is 34.7 Å². The van der Waals surface area contributed by atoms with Crippen LogP contribution in [-0.2, 0) is 25.6 Å². The maximum Gasteiger partial charge on any atom is 0.235 e. The Kier molecular flexibility index (Phi) is 6.70. The van der Waals surface area contributed by atoms with Gasteiger partial charge < -0.3 is 20.8 Å². The van der Waals surface area contributed by atoms with Crippen LogP contribution in [0.25, 0.3) is 11.1 Å². The number of rotatable bonds is 4. The van der Waals surface area contributed by atoms with Crippen LogP contribution in [0, 0.1) is 37.5 Å². The standard InChI is InChI=1S/C31H35N3O7/c1-13-7-8-16(14(2)9-13)17-12-20(33(3)4)18-10-15-11-19-24(34(5)6)27(37)23(30(32)40)29(39)31(19,41)28(38)21(15)26(36)22(18)25(17)35/h7-9,12,15,19,21,23-24,35,41H,10-11H2,1-6H3,(H2,32,40)/t15-,19-,21?,23?,24-,31-/m0/s1. The Morgan fingerprint density at radius 3 is 2.22 bits per heavy atom. The second-order valence-corrected chi connectivity index (χ2v) is 12.1. The first kappa shape index (κ1) is 28.6. The summed E-state index contributed by atoms with van der Waals surface area (Å²) in [6, 6.07) is 6.43. The van der Waals surface area contributed by atoms with Gasteiger partial charge in [-0.25, -0.2) is 0 Å². The van der Waals surface area contributed by atoms with E-state index < -0.39 is 64.4 Å². The second-order valence-electron chi connectivity index (χ2n) is 12.1. The number of carbonyl (C=O) groups is 5. The van der Waals surface area contributed by atoms with Crippen LogP contribution in [0.1, 0.15) is 33.5 Å². The largest absolute Gasteiger partial charge is 0.507 e. The Bertz CT molecular complexity index is 1540. The highest BCUT2D eigenvalue weighted by atomic mass is 16.3. The number of phenolic OH excluding ortho intramolecular Hbond substituents is 1. The van der Waals surface area contributed by atoms with Gasteiger partial charge in [-0.15, -0.1) is 0 Å². The van der Waals surface area contributed by atoms with Crippen molar-refractivity contribution in [1.82, 2.24) is 4.90 Å². The number of amides is 1. The second kappa shape index (κ2) is 9.60. The number of hydrogen-bond donors (Lipinski definition) is 3. The zero-order chi connectivity index (χ0) is 30.3. The fraction of sp³-hybridized carbons (Fsp3) is 0.452. The van der Waals surface area contributed by atoms with E-state index in [1.807, 2.05) is 57.1 Å². The first-order chi connectivity index (χ1) is 19.1. The molecule has 0 spiro atoms. The molecule has 41 heavy (non-hydrogen) atoms. The van der Waals surface area contributed by atoms with Crippen LogP contribution < -0.4 is 10.6 Å². The third-order valence-electron chi connectivity index (χ3n) is 9.19. The van der Waals surface area contributed by atoms with Crippen molar-refractivity contribution in [3.63, 3.8) is 0 Å². The molecule has 0 aliphatic heterocycles. The van der Waals surface area contributed by atoms with Gasteiger partial charge in [0.1, 0.15) is 5.75 Å². The minimum absolute atomic E-state index is 0.0103. The normalized spacial score (nSPS) is 29.2. The lowest BCUT2D eigenvalue weighted by Crippen LogP contribution is -2.74. The van der Waals surface area contributed by atoms with Gasteiger partial charge >= 0.3 is 0 Å². The van der Waals surface area contributed by atoms with E-state index in [1.54, 1.807) is 14.1 Å². The molecule has 2 aromatic carbocycles. The number of benzene rings is 2. The molecule has 0 heterocycles. The van der Waals surface area contributed by atoms with Crippen molar-refractivity contribution in [3.05, 3.63) is 46.5 Å². The zero-order valence-corrected chi connectivity index (χ0v) is 24.0. The summed E-state index contributed by atoms with van der Waals surface area (Å²) in [5.41, 5.74) is 6.96. The average Bonchev–Trinajstić information content (AvgIpc) is 2.86. The molecule has 5 rings (SSSR count). The lowest BCUT2D eigenvalue weighted by molar-refractivity contribution is -0.181. The summed E-state index contributed by atoms with van der Waals surface area (Å²) in [6.07, 6.45) is 0.219. The van der Waals surface area contributed by atoms with Gasteiger partial charge in [-0.1, -0.05) is 23.8 Å². The van der Waals surface area contributed by atoms with Crippen LogP contribution in [-0.4, -0.2) is 84.0 Å². The number of primary amides is 1. The van der Waals surface area contributed by atoms with Gasteiger partial charge in [0.2, 0.25) is 5.91 Å². The van der Waals surface area contributed by atoms with Crippen LogP contribution in [0.4, 0.5) is 5.69 Å². The number of Topliss-reactive ketones (excluding diaryl/α,β-unsaturated/α-hetero) is 4. The fourth-order valence-corrected chi connectivity index (χ4v) is 7.37. The van der Waals surface area contributed by atoms with E-state index in [-0.39, 0.29) is 24.2 Å². The molecule has 0 bridgehead atoms. The highest BCUT2D eigenvalue weighted by Crippen LogP contribution is 2.53. The van der Waals surface area contributed by atoms with Gasteiger partial charge in [0.05, 0.1) is 17.5 Å². The van der Waals surface area contributed by atoms with Crippen molar-refractivity contribution in [3.8, 4) is 16.9 Å². The summed E-state index contributed by atoms with van der Waals surface area (Å²) in [7, 11) is 6.77. The van der Waals surface area contributed by atoms with E-state index in [9.17, 15) is 34.2 Å². The van der Waals surface area contributed by atoms with Crippen LogP contribution in [0.3, 0.4) is 0 Å². The number of carbonyl (C=O) groups excluding carboxylic acids is 5. The predicted octanol–water partition coefficient (Wildman–Crippen LogP) is 1.22. The molecule has 3 aliphatic carbocycles. The highest BCUT2D eigenvalue weighted by Gasteiger charge is 2.69. The Morgan fingerprint density at radius 1 is 1.00 bits per heavy atom. The van der Waals surface area contributed by atoms with Crippen molar-refractivity contribution in [2.45, 2.75) is 38.3 Å². The molecule has 2 aromatic rings. The molecule has 2 fully saturated rings. The SMILES string of the molecule is Cc1ccc(-c2cc(N(C)C)c3c(c2O)C(=O)C2C(=O)[C@]4(O)C(=O)C(C(N)=O)C(=O)[C@@H](N(C)C)[C@@H]4C[C@@H]2C3)c(C)c1. The number of hydrogen-bond acceptors (Lipinski definition) is 9. The molecule has 1 amide bonds. The first-order valence-corrected chi connectivity index (χ1v) is 13.6. The maximum absolute atomic E-state index is 14.2.